The lowest BCUT2D eigenvalue weighted by Crippen LogP contribution is -2.50. The molecular weight excluding hydrogens is 395 g/mol. The Balaban J connectivity index is 2.03. The fourth-order valence-electron chi connectivity index (χ4n) is 2.91. The van der Waals surface area contributed by atoms with Gasteiger partial charge < -0.3 is 9.64 Å². The molecule has 1 amide bonds. The smallest absolute Gasteiger partial charge is 0.410 e. The van der Waals surface area contributed by atoms with Crippen LogP contribution in [0.4, 0.5) is 9.18 Å². The minimum Gasteiger partial charge on any atom is -0.444 e. The number of rotatable bonds is 5. The maximum atomic E-state index is 13.9. The Morgan fingerprint density at radius 1 is 1.37 bits per heavy atom. The van der Waals surface area contributed by atoms with E-state index < -0.39 is 33.3 Å². The van der Waals surface area contributed by atoms with Gasteiger partial charge in [0.15, 0.2) is 0 Å². The second-order valence-electron chi connectivity index (χ2n) is 7.63. The minimum atomic E-state index is -3.82. The zero-order valence-corrected chi connectivity index (χ0v) is 17.4. The van der Waals surface area contributed by atoms with E-state index in [2.05, 4.69) is 4.72 Å². The summed E-state index contributed by atoms with van der Waals surface area (Å²) in [7, 11) is -3.82. The number of hydrogen-bond donors (Lipinski definition) is 1. The van der Waals surface area contributed by atoms with E-state index in [4.69, 9.17) is 16.3 Å². The Bertz CT molecular complexity index is 760. The molecule has 152 valence electrons. The zero-order valence-electron chi connectivity index (χ0n) is 15.8. The third-order valence-electron chi connectivity index (χ3n) is 4.19. The molecule has 0 unspecified atom stereocenters. The molecule has 1 aromatic rings. The van der Waals surface area contributed by atoms with Gasteiger partial charge in [-0.2, -0.15) is 0 Å². The molecule has 0 spiro atoms. The number of nitrogens with one attached hydrogen (secondary N) is 1. The standard InChI is InChI=1S/C18H26ClFN2O4S/c1-18(2,3)26-17(23)22-10-5-4-7-13(22)11-21-27(24,25)12-14-15(19)8-6-9-16(14)20/h6,8-9,13,21H,4-5,7,10-12H2,1-3H3/t13-/m1/s1. The topological polar surface area (TPSA) is 75.7 Å². The highest BCUT2D eigenvalue weighted by Crippen LogP contribution is 2.22. The molecule has 2 rings (SSSR count). The lowest BCUT2D eigenvalue weighted by molar-refractivity contribution is 0.0105. The van der Waals surface area contributed by atoms with E-state index in [-0.39, 0.29) is 23.2 Å². The van der Waals surface area contributed by atoms with Gasteiger partial charge in [0, 0.05) is 29.7 Å². The lowest BCUT2D eigenvalue weighted by Gasteiger charge is -2.36. The van der Waals surface area contributed by atoms with Crippen molar-refractivity contribution in [2.24, 2.45) is 0 Å². The zero-order chi connectivity index (χ0) is 20.2. The predicted molar refractivity (Wildman–Crippen MR) is 103 cm³/mol. The maximum absolute atomic E-state index is 13.9. The van der Waals surface area contributed by atoms with Crippen molar-refractivity contribution in [2.75, 3.05) is 13.1 Å². The fraction of sp³-hybridized carbons (Fsp3) is 0.611. The fourth-order valence-corrected chi connectivity index (χ4v) is 4.44. The van der Waals surface area contributed by atoms with Gasteiger partial charge in [-0.25, -0.2) is 22.3 Å². The first-order valence-electron chi connectivity index (χ1n) is 8.88. The number of ether oxygens (including phenoxy) is 1. The van der Waals surface area contributed by atoms with Gasteiger partial charge in [0.1, 0.15) is 11.4 Å². The molecule has 0 aromatic heterocycles. The quantitative estimate of drug-likeness (QED) is 0.788. The van der Waals surface area contributed by atoms with Gasteiger partial charge in [-0.15, -0.1) is 0 Å². The Morgan fingerprint density at radius 2 is 2.07 bits per heavy atom. The highest BCUT2D eigenvalue weighted by Gasteiger charge is 2.31. The number of carbonyl (C=O) groups is 1. The molecule has 0 aliphatic carbocycles. The van der Waals surface area contributed by atoms with Gasteiger partial charge in [-0.1, -0.05) is 17.7 Å². The highest BCUT2D eigenvalue weighted by atomic mass is 35.5. The first kappa shape index (κ1) is 21.9. The van der Waals surface area contributed by atoms with Crippen LogP contribution in [-0.4, -0.2) is 44.1 Å². The largest absolute Gasteiger partial charge is 0.444 e. The van der Waals surface area contributed by atoms with E-state index >= 15 is 0 Å². The van der Waals surface area contributed by atoms with Gasteiger partial charge in [0.05, 0.1) is 5.75 Å². The first-order valence-corrected chi connectivity index (χ1v) is 10.9. The predicted octanol–water partition coefficient (Wildman–Crippen LogP) is 3.69. The van der Waals surface area contributed by atoms with Crippen molar-refractivity contribution in [1.29, 1.82) is 0 Å². The normalized spacial score (nSPS) is 18.4. The summed E-state index contributed by atoms with van der Waals surface area (Å²) in [6.07, 6.45) is 1.95. The summed E-state index contributed by atoms with van der Waals surface area (Å²) in [5, 5.41) is 0.0634. The maximum Gasteiger partial charge on any atom is 0.410 e. The van der Waals surface area contributed by atoms with E-state index in [1.54, 1.807) is 25.7 Å². The summed E-state index contributed by atoms with van der Waals surface area (Å²) >= 11 is 5.91. The molecule has 1 saturated heterocycles. The lowest BCUT2D eigenvalue weighted by atomic mass is 10.0. The van der Waals surface area contributed by atoms with Crippen molar-refractivity contribution in [3.63, 3.8) is 0 Å². The van der Waals surface area contributed by atoms with Crippen LogP contribution in [0.3, 0.4) is 0 Å². The van der Waals surface area contributed by atoms with E-state index in [0.717, 1.165) is 12.8 Å². The number of halogens is 2. The van der Waals surface area contributed by atoms with Crippen molar-refractivity contribution in [2.45, 2.75) is 57.4 Å². The molecule has 1 aliphatic rings. The van der Waals surface area contributed by atoms with Crippen LogP contribution in [0.2, 0.25) is 5.02 Å². The molecule has 6 nitrogen and oxygen atoms in total. The number of amides is 1. The van der Waals surface area contributed by atoms with Gasteiger partial charge >= 0.3 is 6.09 Å². The van der Waals surface area contributed by atoms with Crippen molar-refractivity contribution in [3.8, 4) is 0 Å². The van der Waals surface area contributed by atoms with Gasteiger partial charge in [0.2, 0.25) is 10.0 Å². The van der Waals surface area contributed by atoms with Gasteiger partial charge in [-0.05, 0) is 52.2 Å². The molecule has 1 fully saturated rings. The summed E-state index contributed by atoms with van der Waals surface area (Å²) in [5.41, 5.74) is -0.695. The Kier molecular flexibility index (Phi) is 7.10. The van der Waals surface area contributed by atoms with Crippen LogP contribution in [0.1, 0.15) is 45.6 Å². The van der Waals surface area contributed by atoms with Crippen molar-refractivity contribution < 1.29 is 22.3 Å². The number of carbonyl (C=O) groups excluding carboxylic acids is 1. The molecule has 27 heavy (non-hydrogen) atoms. The summed E-state index contributed by atoms with van der Waals surface area (Å²) in [4.78, 5) is 14.0. The summed E-state index contributed by atoms with van der Waals surface area (Å²) in [5.74, 6) is -1.22. The van der Waals surface area contributed by atoms with Crippen LogP contribution in [0, 0.1) is 5.82 Å². The SMILES string of the molecule is CC(C)(C)OC(=O)N1CCCC[C@@H]1CNS(=O)(=O)Cc1c(F)cccc1Cl. The first-order chi connectivity index (χ1) is 12.5. The second kappa shape index (κ2) is 8.75. The number of nitrogens with zero attached hydrogens (tertiary/aromatic N) is 1. The molecule has 0 saturated carbocycles. The Morgan fingerprint density at radius 3 is 2.70 bits per heavy atom. The number of sulfonamides is 1. The van der Waals surface area contributed by atoms with Crippen molar-refractivity contribution >= 4 is 27.7 Å². The average Bonchev–Trinajstić information content (AvgIpc) is 2.55. The number of benzene rings is 1. The number of piperidine rings is 1. The van der Waals surface area contributed by atoms with Crippen molar-refractivity contribution in [1.82, 2.24) is 9.62 Å². The second-order valence-corrected chi connectivity index (χ2v) is 9.85. The van der Waals surface area contributed by atoms with Gasteiger partial charge in [0.25, 0.3) is 0 Å². The summed E-state index contributed by atoms with van der Waals surface area (Å²) < 4.78 is 46.5. The monoisotopic (exact) mass is 420 g/mol. The van der Waals surface area contributed by atoms with Crippen LogP contribution in [0.25, 0.3) is 0 Å². The highest BCUT2D eigenvalue weighted by molar-refractivity contribution is 7.88. The van der Waals surface area contributed by atoms with Crippen LogP contribution in [0.15, 0.2) is 18.2 Å². The molecule has 1 aliphatic heterocycles. The van der Waals surface area contributed by atoms with E-state index in [1.165, 1.54) is 18.2 Å². The number of hydrogen-bond acceptors (Lipinski definition) is 4. The summed E-state index contributed by atoms with van der Waals surface area (Å²) in [6, 6.07) is 3.73. The van der Waals surface area contributed by atoms with E-state index in [0.29, 0.717) is 13.0 Å². The van der Waals surface area contributed by atoms with Gasteiger partial charge in [-0.3, -0.25) is 0 Å². The minimum absolute atomic E-state index is 0.0493. The molecule has 1 heterocycles. The summed E-state index contributed by atoms with van der Waals surface area (Å²) in [6.45, 7) is 5.91. The molecule has 0 radical (unpaired) electrons. The molecule has 1 atom stereocenters. The van der Waals surface area contributed by atoms with Crippen LogP contribution >= 0.6 is 11.6 Å². The molecule has 1 N–H and O–H groups in total. The van der Waals surface area contributed by atoms with Crippen LogP contribution in [-0.2, 0) is 20.5 Å². The molecule has 1 aromatic carbocycles. The van der Waals surface area contributed by atoms with E-state index in [1.807, 2.05) is 0 Å². The third-order valence-corrected chi connectivity index (χ3v) is 5.82. The van der Waals surface area contributed by atoms with Crippen molar-refractivity contribution in [3.05, 3.63) is 34.6 Å². The molecule has 0 bridgehead atoms. The Labute approximate surface area is 165 Å². The molecular formula is C18H26ClFN2O4S. The molecule has 9 heteroatoms. The Hall–Kier alpha value is -1.38. The van der Waals surface area contributed by atoms with Crippen LogP contribution < -0.4 is 4.72 Å². The van der Waals surface area contributed by atoms with Crippen LogP contribution in [0.5, 0.6) is 0 Å². The van der Waals surface area contributed by atoms with E-state index in [9.17, 15) is 17.6 Å². The average molecular weight is 421 g/mol. The number of likely N-dealkylation sites (tertiary alicyclic amines) is 1. The third kappa shape index (κ3) is 6.62.